The number of nitrogens with zero attached hydrogens (tertiary/aromatic N) is 2. The van der Waals surface area contributed by atoms with Crippen LogP contribution < -0.4 is 0 Å². The molecule has 0 aliphatic carbocycles. The number of hydrogen-bond donors (Lipinski definition) is 0. The van der Waals surface area contributed by atoms with Crippen molar-refractivity contribution in [2.45, 2.75) is 24.7 Å². The quantitative estimate of drug-likeness (QED) is 0.512. The van der Waals surface area contributed by atoms with Crippen LogP contribution >= 0.6 is 0 Å². The molecular formula is C24H22N2O2. The second kappa shape index (κ2) is 7.21. The molecule has 0 radical (unpaired) electrons. The van der Waals surface area contributed by atoms with Gasteiger partial charge in [-0.15, -0.1) is 10.2 Å². The SMILES string of the molecule is c1ccc(C2(c3nnc(Cc4ccc5ccccc5c4)o3)CCOCC2)cc1. The van der Waals surface area contributed by atoms with Gasteiger partial charge in [0.25, 0.3) is 0 Å². The molecule has 1 saturated heterocycles. The van der Waals surface area contributed by atoms with E-state index in [0.29, 0.717) is 31.4 Å². The van der Waals surface area contributed by atoms with Crippen molar-refractivity contribution in [3.05, 3.63) is 95.7 Å². The predicted molar refractivity (Wildman–Crippen MR) is 108 cm³/mol. The maximum absolute atomic E-state index is 6.22. The van der Waals surface area contributed by atoms with Crippen LogP contribution in [0, 0.1) is 0 Å². The van der Waals surface area contributed by atoms with E-state index in [0.717, 1.165) is 12.8 Å². The van der Waals surface area contributed by atoms with E-state index in [1.54, 1.807) is 0 Å². The highest BCUT2D eigenvalue weighted by atomic mass is 16.5. The Hall–Kier alpha value is -2.98. The predicted octanol–water partition coefficient (Wildman–Crippen LogP) is 4.91. The maximum atomic E-state index is 6.22. The molecule has 4 aromatic rings. The van der Waals surface area contributed by atoms with Gasteiger partial charge in [0.2, 0.25) is 11.8 Å². The standard InChI is InChI=1S/C24H22N2O2/c1-2-8-21(9-3-1)24(12-14-27-15-13-24)23-26-25-22(28-23)17-18-10-11-19-6-4-5-7-20(19)16-18/h1-11,16H,12-15,17H2. The van der Waals surface area contributed by atoms with Gasteiger partial charge in [-0.2, -0.15) is 0 Å². The van der Waals surface area contributed by atoms with Gasteiger partial charge in [-0.1, -0.05) is 72.8 Å². The van der Waals surface area contributed by atoms with E-state index < -0.39 is 0 Å². The third kappa shape index (κ3) is 3.10. The Bertz CT molecular complexity index is 1080. The lowest BCUT2D eigenvalue weighted by Crippen LogP contribution is -2.35. The lowest BCUT2D eigenvalue weighted by atomic mass is 9.74. The van der Waals surface area contributed by atoms with Crippen molar-refractivity contribution in [1.82, 2.24) is 10.2 Å². The van der Waals surface area contributed by atoms with E-state index in [2.05, 4.69) is 76.9 Å². The molecule has 4 heteroatoms. The minimum absolute atomic E-state index is 0.256. The van der Waals surface area contributed by atoms with E-state index >= 15 is 0 Å². The Morgan fingerprint density at radius 1 is 0.786 bits per heavy atom. The fourth-order valence-corrected chi connectivity index (χ4v) is 4.14. The highest BCUT2D eigenvalue weighted by molar-refractivity contribution is 5.83. The summed E-state index contributed by atoms with van der Waals surface area (Å²) in [5.74, 6) is 1.37. The van der Waals surface area contributed by atoms with E-state index in [1.165, 1.54) is 21.9 Å². The fraction of sp³-hybridized carbons (Fsp3) is 0.250. The molecule has 0 bridgehead atoms. The largest absolute Gasteiger partial charge is 0.424 e. The van der Waals surface area contributed by atoms with Crippen LogP contribution in [0.1, 0.15) is 35.7 Å². The maximum Gasteiger partial charge on any atom is 0.227 e. The van der Waals surface area contributed by atoms with Gasteiger partial charge in [-0.3, -0.25) is 0 Å². The number of fused-ring (bicyclic) bond motifs is 1. The topological polar surface area (TPSA) is 48.2 Å². The van der Waals surface area contributed by atoms with Gasteiger partial charge in [-0.25, -0.2) is 0 Å². The number of rotatable bonds is 4. The Morgan fingerprint density at radius 2 is 1.54 bits per heavy atom. The molecule has 0 amide bonds. The minimum Gasteiger partial charge on any atom is -0.424 e. The molecule has 1 fully saturated rings. The summed E-state index contributed by atoms with van der Waals surface area (Å²) in [6.07, 6.45) is 2.35. The molecule has 5 rings (SSSR count). The first-order valence-electron chi connectivity index (χ1n) is 9.77. The molecule has 1 aliphatic heterocycles. The normalized spacial score (nSPS) is 16.3. The summed E-state index contributed by atoms with van der Waals surface area (Å²) in [7, 11) is 0. The minimum atomic E-state index is -0.256. The van der Waals surface area contributed by atoms with Crippen molar-refractivity contribution in [3.63, 3.8) is 0 Å². The Morgan fingerprint density at radius 3 is 2.36 bits per heavy atom. The van der Waals surface area contributed by atoms with Crippen molar-refractivity contribution in [1.29, 1.82) is 0 Å². The van der Waals surface area contributed by atoms with Crippen LogP contribution in [0.5, 0.6) is 0 Å². The van der Waals surface area contributed by atoms with Gasteiger partial charge >= 0.3 is 0 Å². The summed E-state index contributed by atoms with van der Waals surface area (Å²) >= 11 is 0. The van der Waals surface area contributed by atoms with Gasteiger partial charge < -0.3 is 9.15 Å². The molecule has 0 atom stereocenters. The van der Waals surface area contributed by atoms with Gasteiger partial charge in [-0.05, 0) is 34.7 Å². The molecule has 0 spiro atoms. The van der Waals surface area contributed by atoms with Crippen LogP contribution in [0.25, 0.3) is 10.8 Å². The molecular weight excluding hydrogens is 348 g/mol. The monoisotopic (exact) mass is 370 g/mol. The van der Waals surface area contributed by atoms with Crippen LogP contribution in [-0.2, 0) is 16.6 Å². The Kier molecular flexibility index (Phi) is 4.41. The first-order chi connectivity index (χ1) is 13.8. The average molecular weight is 370 g/mol. The first-order valence-corrected chi connectivity index (χ1v) is 9.77. The van der Waals surface area contributed by atoms with Gasteiger partial charge in [0.1, 0.15) is 0 Å². The van der Waals surface area contributed by atoms with Crippen molar-refractivity contribution >= 4 is 10.8 Å². The third-order valence-corrected chi connectivity index (χ3v) is 5.72. The van der Waals surface area contributed by atoms with Crippen molar-refractivity contribution in [3.8, 4) is 0 Å². The third-order valence-electron chi connectivity index (χ3n) is 5.72. The molecule has 28 heavy (non-hydrogen) atoms. The van der Waals surface area contributed by atoms with Crippen molar-refractivity contribution in [2.75, 3.05) is 13.2 Å². The fourth-order valence-electron chi connectivity index (χ4n) is 4.14. The molecule has 4 nitrogen and oxygen atoms in total. The number of hydrogen-bond acceptors (Lipinski definition) is 4. The number of ether oxygens (including phenoxy) is 1. The molecule has 3 aromatic carbocycles. The Labute approximate surface area is 164 Å². The van der Waals surface area contributed by atoms with Crippen LogP contribution in [0.3, 0.4) is 0 Å². The molecule has 0 N–H and O–H groups in total. The summed E-state index contributed by atoms with van der Waals surface area (Å²) in [6, 6.07) is 25.3. The lowest BCUT2D eigenvalue weighted by molar-refractivity contribution is 0.0541. The second-order valence-electron chi connectivity index (χ2n) is 7.42. The van der Waals surface area contributed by atoms with Gasteiger partial charge in [0, 0.05) is 13.2 Å². The number of benzene rings is 3. The van der Waals surface area contributed by atoms with Crippen LogP contribution in [0.4, 0.5) is 0 Å². The van der Waals surface area contributed by atoms with Crippen molar-refractivity contribution in [2.24, 2.45) is 0 Å². The van der Waals surface area contributed by atoms with Gasteiger partial charge in [0.15, 0.2) is 0 Å². The second-order valence-corrected chi connectivity index (χ2v) is 7.42. The van der Waals surface area contributed by atoms with E-state index in [1.807, 2.05) is 6.07 Å². The zero-order chi connectivity index (χ0) is 18.8. The molecule has 0 saturated carbocycles. The molecule has 0 unspecified atom stereocenters. The first kappa shape index (κ1) is 17.1. The summed E-state index contributed by atoms with van der Waals surface area (Å²) in [6.45, 7) is 1.41. The zero-order valence-electron chi connectivity index (χ0n) is 15.7. The molecule has 1 aromatic heterocycles. The summed E-state index contributed by atoms with van der Waals surface area (Å²) in [5.41, 5.74) is 2.14. The van der Waals surface area contributed by atoms with E-state index in [9.17, 15) is 0 Å². The summed E-state index contributed by atoms with van der Waals surface area (Å²) < 4.78 is 11.8. The Balaban J connectivity index is 1.46. The molecule has 140 valence electrons. The van der Waals surface area contributed by atoms with Crippen molar-refractivity contribution < 1.29 is 9.15 Å². The lowest BCUT2D eigenvalue weighted by Gasteiger charge is -2.34. The van der Waals surface area contributed by atoms with Crippen LogP contribution in [0.15, 0.2) is 77.2 Å². The van der Waals surface area contributed by atoms with Gasteiger partial charge in [0.05, 0.1) is 11.8 Å². The van der Waals surface area contributed by atoms with E-state index in [-0.39, 0.29) is 5.41 Å². The highest BCUT2D eigenvalue weighted by Crippen LogP contribution is 2.40. The smallest absolute Gasteiger partial charge is 0.227 e. The molecule has 2 heterocycles. The molecule has 1 aliphatic rings. The average Bonchev–Trinajstić information content (AvgIpc) is 3.24. The number of aromatic nitrogens is 2. The summed E-state index contributed by atoms with van der Waals surface area (Å²) in [4.78, 5) is 0. The highest BCUT2D eigenvalue weighted by Gasteiger charge is 2.41. The van der Waals surface area contributed by atoms with Crippen LogP contribution in [0.2, 0.25) is 0 Å². The summed E-state index contributed by atoms with van der Waals surface area (Å²) in [5, 5.41) is 11.3. The van der Waals surface area contributed by atoms with Crippen LogP contribution in [-0.4, -0.2) is 23.4 Å². The zero-order valence-corrected chi connectivity index (χ0v) is 15.7. The van der Waals surface area contributed by atoms with E-state index in [4.69, 9.17) is 9.15 Å².